The lowest BCUT2D eigenvalue weighted by atomic mass is 10.1. The van der Waals surface area contributed by atoms with Crippen LogP contribution >= 0.6 is 0 Å². The number of aromatic nitrogens is 1. The molecule has 0 amide bonds. The molecule has 0 fully saturated rings. The van der Waals surface area contributed by atoms with Gasteiger partial charge in [-0.1, -0.05) is 12.1 Å². The molecule has 1 aromatic heterocycles. The standard InChI is InChI=1S/C13H13N3O3/c1-2-15-12(7-6-11(14)13(15)17)9-4-3-5-10(8-9)16(18)19/h3-8H,2,14H2,1H3. The van der Waals surface area contributed by atoms with Crippen LogP contribution in [0.4, 0.5) is 11.4 Å². The third-order valence-electron chi connectivity index (χ3n) is 2.87. The van der Waals surface area contributed by atoms with E-state index in [-0.39, 0.29) is 16.9 Å². The van der Waals surface area contributed by atoms with E-state index >= 15 is 0 Å². The Hall–Kier alpha value is -2.63. The first-order valence-electron chi connectivity index (χ1n) is 5.78. The smallest absolute Gasteiger partial charge is 0.274 e. The van der Waals surface area contributed by atoms with E-state index in [2.05, 4.69) is 0 Å². The van der Waals surface area contributed by atoms with E-state index in [1.165, 1.54) is 22.8 Å². The van der Waals surface area contributed by atoms with Crippen molar-refractivity contribution in [3.63, 3.8) is 0 Å². The van der Waals surface area contributed by atoms with Gasteiger partial charge in [-0.05, 0) is 19.1 Å². The predicted molar refractivity (Wildman–Crippen MR) is 72.9 cm³/mol. The Kier molecular flexibility index (Phi) is 3.33. The van der Waals surface area contributed by atoms with Gasteiger partial charge < -0.3 is 10.3 Å². The number of rotatable bonds is 3. The van der Waals surface area contributed by atoms with Gasteiger partial charge in [0.05, 0.1) is 16.3 Å². The Labute approximate surface area is 109 Å². The summed E-state index contributed by atoms with van der Waals surface area (Å²) in [6.07, 6.45) is 0. The van der Waals surface area contributed by atoms with Crippen molar-refractivity contribution in [3.8, 4) is 11.3 Å². The molecule has 0 saturated heterocycles. The summed E-state index contributed by atoms with van der Waals surface area (Å²) in [5, 5.41) is 10.8. The molecule has 2 N–H and O–H groups in total. The lowest BCUT2D eigenvalue weighted by molar-refractivity contribution is -0.384. The van der Waals surface area contributed by atoms with Crippen molar-refractivity contribution in [2.24, 2.45) is 0 Å². The Morgan fingerprint density at radius 1 is 1.32 bits per heavy atom. The molecule has 6 heteroatoms. The number of nitrogens with zero attached hydrogens (tertiary/aromatic N) is 2. The Morgan fingerprint density at radius 3 is 2.68 bits per heavy atom. The second-order valence-corrected chi connectivity index (χ2v) is 4.03. The lowest BCUT2D eigenvalue weighted by Crippen LogP contribution is -2.23. The largest absolute Gasteiger partial charge is 0.394 e. The van der Waals surface area contributed by atoms with Gasteiger partial charge in [0.2, 0.25) is 0 Å². The van der Waals surface area contributed by atoms with E-state index in [9.17, 15) is 14.9 Å². The molecule has 0 bridgehead atoms. The number of anilines is 1. The maximum Gasteiger partial charge on any atom is 0.274 e. The summed E-state index contributed by atoms with van der Waals surface area (Å²) in [6.45, 7) is 2.27. The summed E-state index contributed by atoms with van der Waals surface area (Å²) in [4.78, 5) is 22.2. The summed E-state index contributed by atoms with van der Waals surface area (Å²) in [7, 11) is 0. The minimum atomic E-state index is -0.463. The van der Waals surface area contributed by atoms with Crippen LogP contribution in [0.1, 0.15) is 6.92 Å². The summed E-state index contributed by atoms with van der Waals surface area (Å²) < 4.78 is 1.49. The van der Waals surface area contributed by atoms with Crippen molar-refractivity contribution < 1.29 is 4.92 Å². The lowest BCUT2D eigenvalue weighted by Gasteiger charge is -2.11. The number of hydrogen-bond donors (Lipinski definition) is 1. The third kappa shape index (κ3) is 2.33. The van der Waals surface area contributed by atoms with E-state index in [1.54, 1.807) is 18.2 Å². The molecule has 6 nitrogen and oxygen atoms in total. The van der Waals surface area contributed by atoms with Crippen LogP contribution in [0.15, 0.2) is 41.2 Å². The molecule has 0 unspecified atom stereocenters. The molecule has 0 spiro atoms. The van der Waals surface area contributed by atoms with Crippen LogP contribution in [-0.2, 0) is 6.54 Å². The molecule has 0 atom stereocenters. The van der Waals surface area contributed by atoms with Gasteiger partial charge in [-0.3, -0.25) is 14.9 Å². The summed E-state index contributed by atoms with van der Waals surface area (Å²) in [5.74, 6) is 0. The average Bonchev–Trinajstić information content (AvgIpc) is 2.41. The molecule has 1 heterocycles. The molecule has 98 valence electrons. The predicted octanol–water partition coefficient (Wildman–Crippen LogP) is 2.03. The number of nitro groups is 1. The summed E-state index contributed by atoms with van der Waals surface area (Å²) in [5.41, 5.74) is 6.68. The maximum absolute atomic E-state index is 11.9. The van der Waals surface area contributed by atoms with Crippen molar-refractivity contribution in [2.45, 2.75) is 13.5 Å². The molecule has 0 aliphatic rings. The molecular weight excluding hydrogens is 246 g/mol. The van der Waals surface area contributed by atoms with Crippen molar-refractivity contribution in [1.29, 1.82) is 0 Å². The Morgan fingerprint density at radius 2 is 2.05 bits per heavy atom. The first-order chi connectivity index (χ1) is 9.04. The van der Waals surface area contributed by atoms with Crippen molar-refractivity contribution in [3.05, 3.63) is 56.9 Å². The molecule has 2 aromatic rings. The monoisotopic (exact) mass is 259 g/mol. The average molecular weight is 259 g/mol. The van der Waals surface area contributed by atoms with Crippen LogP contribution in [0.3, 0.4) is 0 Å². The normalized spacial score (nSPS) is 10.4. The van der Waals surface area contributed by atoms with E-state index in [0.29, 0.717) is 17.8 Å². The fourth-order valence-corrected chi connectivity index (χ4v) is 1.94. The minimum Gasteiger partial charge on any atom is -0.394 e. The molecule has 19 heavy (non-hydrogen) atoms. The van der Waals surface area contributed by atoms with Gasteiger partial charge in [-0.25, -0.2) is 0 Å². The van der Waals surface area contributed by atoms with Gasteiger partial charge >= 0.3 is 0 Å². The van der Waals surface area contributed by atoms with Crippen molar-refractivity contribution in [2.75, 3.05) is 5.73 Å². The first kappa shape index (κ1) is 12.8. The van der Waals surface area contributed by atoms with Crippen LogP contribution in [0.25, 0.3) is 11.3 Å². The zero-order valence-corrected chi connectivity index (χ0v) is 10.4. The highest BCUT2D eigenvalue weighted by molar-refractivity contribution is 5.64. The van der Waals surface area contributed by atoms with Gasteiger partial charge in [0.1, 0.15) is 0 Å². The SMILES string of the molecule is CCn1c(-c2cccc([N+](=O)[O-])c2)ccc(N)c1=O. The first-order valence-corrected chi connectivity index (χ1v) is 5.78. The highest BCUT2D eigenvalue weighted by Gasteiger charge is 2.11. The summed E-state index contributed by atoms with van der Waals surface area (Å²) >= 11 is 0. The highest BCUT2D eigenvalue weighted by Crippen LogP contribution is 2.23. The third-order valence-corrected chi connectivity index (χ3v) is 2.87. The number of nitrogen functional groups attached to an aromatic ring is 1. The topological polar surface area (TPSA) is 91.2 Å². The second kappa shape index (κ2) is 4.93. The molecule has 0 radical (unpaired) electrons. The Balaban J connectivity index is 2.65. The number of pyridine rings is 1. The number of nitrogens with two attached hydrogens (primary N) is 1. The van der Waals surface area contributed by atoms with Crippen LogP contribution in [-0.4, -0.2) is 9.49 Å². The zero-order valence-electron chi connectivity index (χ0n) is 10.4. The van der Waals surface area contributed by atoms with Crippen molar-refractivity contribution >= 4 is 11.4 Å². The molecule has 2 rings (SSSR count). The number of benzene rings is 1. The number of nitro benzene ring substituents is 1. The van der Waals surface area contributed by atoms with Gasteiger partial charge in [0, 0.05) is 24.2 Å². The molecule has 0 aliphatic carbocycles. The quantitative estimate of drug-likeness (QED) is 0.674. The zero-order chi connectivity index (χ0) is 14.0. The van der Waals surface area contributed by atoms with Gasteiger partial charge in [0.25, 0.3) is 11.2 Å². The van der Waals surface area contributed by atoms with Gasteiger partial charge in [-0.15, -0.1) is 0 Å². The number of non-ortho nitro benzene ring substituents is 1. The van der Waals surface area contributed by atoms with Crippen LogP contribution < -0.4 is 11.3 Å². The van der Waals surface area contributed by atoms with Crippen molar-refractivity contribution in [1.82, 2.24) is 4.57 Å². The van der Waals surface area contributed by atoms with E-state index in [1.807, 2.05) is 6.92 Å². The fraction of sp³-hybridized carbons (Fsp3) is 0.154. The minimum absolute atomic E-state index is 0.00979. The van der Waals surface area contributed by atoms with E-state index in [4.69, 9.17) is 5.73 Å². The highest BCUT2D eigenvalue weighted by atomic mass is 16.6. The van der Waals surface area contributed by atoms with Crippen LogP contribution in [0, 0.1) is 10.1 Å². The molecule has 0 saturated carbocycles. The number of hydrogen-bond acceptors (Lipinski definition) is 4. The second-order valence-electron chi connectivity index (χ2n) is 4.03. The maximum atomic E-state index is 11.9. The fourth-order valence-electron chi connectivity index (χ4n) is 1.94. The molecular formula is C13H13N3O3. The van der Waals surface area contributed by atoms with Gasteiger partial charge in [-0.2, -0.15) is 0 Å². The Bertz CT molecular complexity index is 692. The van der Waals surface area contributed by atoms with Gasteiger partial charge in [0.15, 0.2) is 0 Å². The molecule has 1 aromatic carbocycles. The van der Waals surface area contributed by atoms with Crippen LogP contribution in [0.5, 0.6) is 0 Å². The molecule has 0 aliphatic heterocycles. The van der Waals surface area contributed by atoms with Crippen LogP contribution in [0.2, 0.25) is 0 Å². The van der Waals surface area contributed by atoms with E-state index in [0.717, 1.165) is 0 Å². The summed E-state index contributed by atoms with van der Waals surface area (Å²) in [6, 6.07) is 9.38. The van der Waals surface area contributed by atoms with E-state index < -0.39 is 4.92 Å².